The molecule has 0 spiro atoms. The Morgan fingerprint density at radius 2 is 1.56 bits per heavy atom. The Balaban J connectivity index is 2.03. The first kappa shape index (κ1) is 10.3. The zero-order chi connectivity index (χ0) is 11.2. The van der Waals surface area contributed by atoms with Gasteiger partial charge in [-0.15, -0.1) is 0 Å². The molecule has 0 bridgehead atoms. The average molecular weight is 208 g/mol. The van der Waals surface area contributed by atoms with Crippen LogP contribution in [0.2, 0.25) is 0 Å². The highest BCUT2D eigenvalue weighted by molar-refractivity contribution is 5.36. The van der Waals surface area contributed by atoms with Crippen LogP contribution in [0.25, 0.3) is 0 Å². The van der Waals surface area contributed by atoms with E-state index in [2.05, 4.69) is 11.8 Å². The van der Waals surface area contributed by atoms with Crippen LogP contribution in [0.3, 0.4) is 0 Å². The van der Waals surface area contributed by atoms with E-state index in [1.807, 2.05) is 42.5 Å². The minimum absolute atomic E-state index is 0.291. The van der Waals surface area contributed by atoms with Gasteiger partial charge < -0.3 is 5.11 Å². The maximum absolute atomic E-state index is 9.12. The highest BCUT2D eigenvalue weighted by Crippen LogP contribution is 2.09. The Bertz CT molecular complexity index is 501. The Kier molecular flexibility index (Phi) is 3.25. The van der Waals surface area contributed by atoms with E-state index in [9.17, 15) is 0 Å². The normalized spacial score (nSPS) is 9.25. The lowest BCUT2D eigenvalue weighted by molar-refractivity contribution is 0.475. The Hall–Kier alpha value is -2.20. The molecule has 16 heavy (non-hydrogen) atoms. The second-order valence-corrected chi connectivity index (χ2v) is 3.51. The lowest BCUT2D eigenvalue weighted by atomic mass is 10.1. The third-order valence-electron chi connectivity index (χ3n) is 2.24. The monoisotopic (exact) mass is 208 g/mol. The first-order valence-electron chi connectivity index (χ1n) is 5.16. The number of phenols is 1. The molecule has 0 saturated carbocycles. The maximum atomic E-state index is 9.12. The number of hydrogen-bond donors (Lipinski definition) is 1. The largest absolute Gasteiger partial charge is 0.508 e. The third-order valence-corrected chi connectivity index (χ3v) is 2.24. The molecule has 0 atom stereocenters. The van der Waals surface area contributed by atoms with Gasteiger partial charge in [-0.1, -0.05) is 42.2 Å². The van der Waals surface area contributed by atoms with Crippen molar-refractivity contribution in [1.29, 1.82) is 0 Å². The molecule has 0 heterocycles. The van der Waals surface area contributed by atoms with Gasteiger partial charge in [0.2, 0.25) is 0 Å². The minimum atomic E-state index is 0.291. The van der Waals surface area contributed by atoms with Crippen LogP contribution in [0.15, 0.2) is 54.6 Å². The molecular formula is C15H12O. The van der Waals surface area contributed by atoms with Crippen LogP contribution in [0.5, 0.6) is 5.75 Å². The van der Waals surface area contributed by atoms with Crippen molar-refractivity contribution in [2.45, 2.75) is 6.42 Å². The van der Waals surface area contributed by atoms with Gasteiger partial charge in [0.15, 0.2) is 0 Å². The first-order valence-corrected chi connectivity index (χ1v) is 5.16. The van der Waals surface area contributed by atoms with Crippen molar-refractivity contribution in [2.75, 3.05) is 0 Å². The van der Waals surface area contributed by atoms with E-state index in [-0.39, 0.29) is 0 Å². The molecule has 0 aliphatic rings. The van der Waals surface area contributed by atoms with Gasteiger partial charge in [-0.25, -0.2) is 0 Å². The fraction of sp³-hybridized carbons (Fsp3) is 0.0667. The van der Waals surface area contributed by atoms with Gasteiger partial charge in [-0.05, 0) is 29.8 Å². The predicted octanol–water partition coefficient (Wildman–Crippen LogP) is 2.99. The number of benzene rings is 2. The predicted molar refractivity (Wildman–Crippen MR) is 65.1 cm³/mol. The molecule has 0 saturated heterocycles. The molecule has 0 aromatic heterocycles. The summed E-state index contributed by atoms with van der Waals surface area (Å²) in [6.07, 6.45) is 0.704. The summed E-state index contributed by atoms with van der Waals surface area (Å²) in [5.74, 6) is 6.49. The molecule has 0 fully saturated rings. The maximum Gasteiger partial charge on any atom is 0.115 e. The quantitative estimate of drug-likeness (QED) is 0.714. The fourth-order valence-corrected chi connectivity index (χ4v) is 1.38. The molecule has 0 radical (unpaired) electrons. The molecule has 0 aliphatic heterocycles. The zero-order valence-corrected chi connectivity index (χ0v) is 8.85. The van der Waals surface area contributed by atoms with Crippen molar-refractivity contribution in [2.24, 2.45) is 0 Å². The van der Waals surface area contributed by atoms with Gasteiger partial charge in [0.25, 0.3) is 0 Å². The second-order valence-electron chi connectivity index (χ2n) is 3.51. The number of rotatable bonds is 1. The molecule has 2 aromatic carbocycles. The van der Waals surface area contributed by atoms with Crippen molar-refractivity contribution in [3.05, 3.63) is 65.7 Å². The van der Waals surface area contributed by atoms with E-state index in [0.29, 0.717) is 12.2 Å². The molecular weight excluding hydrogens is 196 g/mol. The van der Waals surface area contributed by atoms with Crippen molar-refractivity contribution < 1.29 is 5.11 Å². The summed E-state index contributed by atoms with van der Waals surface area (Å²) in [7, 11) is 0. The molecule has 2 aromatic rings. The Labute approximate surface area is 95.4 Å². The van der Waals surface area contributed by atoms with Crippen LogP contribution in [0.4, 0.5) is 0 Å². The highest BCUT2D eigenvalue weighted by Gasteiger charge is 1.89. The number of hydrogen-bond acceptors (Lipinski definition) is 1. The van der Waals surface area contributed by atoms with Gasteiger partial charge in [0.05, 0.1) is 0 Å². The summed E-state index contributed by atoms with van der Waals surface area (Å²) >= 11 is 0. The number of aromatic hydroxyl groups is 1. The molecule has 1 nitrogen and oxygen atoms in total. The summed E-state index contributed by atoms with van der Waals surface area (Å²) in [5.41, 5.74) is 2.14. The molecule has 0 unspecified atom stereocenters. The van der Waals surface area contributed by atoms with Crippen molar-refractivity contribution in [1.82, 2.24) is 0 Å². The van der Waals surface area contributed by atoms with Crippen LogP contribution in [-0.2, 0) is 6.42 Å². The average Bonchev–Trinajstić information content (AvgIpc) is 2.33. The van der Waals surface area contributed by atoms with Crippen LogP contribution >= 0.6 is 0 Å². The smallest absolute Gasteiger partial charge is 0.115 e. The lowest BCUT2D eigenvalue weighted by Crippen LogP contribution is -1.80. The van der Waals surface area contributed by atoms with Crippen molar-refractivity contribution in [3.8, 4) is 17.6 Å². The zero-order valence-electron chi connectivity index (χ0n) is 8.85. The van der Waals surface area contributed by atoms with E-state index in [1.165, 1.54) is 0 Å². The summed E-state index contributed by atoms with van der Waals surface area (Å²) in [6.45, 7) is 0. The standard InChI is InChI=1S/C15H12O/c16-15-11-9-14(10-12-15)8-4-7-13-5-2-1-3-6-13/h1-3,5-6,9-12,16H,8H2. The van der Waals surface area contributed by atoms with Crippen LogP contribution in [0.1, 0.15) is 11.1 Å². The third kappa shape index (κ3) is 2.90. The number of phenolic OH excluding ortho intramolecular Hbond substituents is 1. The summed E-state index contributed by atoms with van der Waals surface area (Å²) in [4.78, 5) is 0. The van der Waals surface area contributed by atoms with Gasteiger partial charge >= 0.3 is 0 Å². The van der Waals surface area contributed by atoms with E-state index < -0.39 is 0 Å². The lowest BCUT2D eigenvalue weighted by Gasteiger charge is -1.94. The SMILES string of the molecule is Oc1ccc(CC#Cc2ccccc2)cc1. The van der Waals surface area contributed by atoms with Gasteiger partial charge in [0, 0.05) is 12.0 Å². The van der Waals surface area contributed by atoms with Crippen LogP contribution in [-0.4, -0.2) is 5.11 Å². The topological polar surface area (TPSA) is 20.2 Å². The van der Waals surface area contributed by atoms with E-state index in [0.717, 1.165) is 11.1 Å². The summed E-state index contributed by atoms with van der Waals surface area (Å²) in [5, 5.41) is 9.12. The molecule has 1 heteroatoms. The van der Waals surface area contributed by atoms with E-state index >= 15 is 0 Å². The van der Waals surface area contributed by atoms with Gasteiger partial charge in [0.1, 0.15) is 5.75 Å². The molecule has 1 N–H and O–H groups in total. The van der Waals surface area contributed by atoms with Crippen LogP contribution in [0, 0.1) is 11.8 Å². The molecule has 0 aliphatic carbocycles. The first-order chi connectivity index (χ1) is 7.84. The van der Waals surface area contributed by atoms with Gasteiger partial charge in [-0.2, -0.15) is 0 Å². The van der Waals surface area contributed by atoms with E-state index in [1.54, 1.807) is 12.1 Å². The van der Waals surface area contributed by atoms with Crippen molar-refractivity contribution in [3.63, 3.8) is 0 Å². The summed E-state index contributed by atoms with van der Waals surface area (Å²) in [6, 6.07) is 17.0. The minimum Gasteiger partial charge on any atom is -0.508 e. The summed E-state index contributed by atoms with van der Waals surface area (Å²) < 4.78 is 0. The van der Waals surface area contributed by atoms with Gasteiger partial charge in [-0.3, -0.25) is 0 Å². The second kappa shape index (κ2) is 5.04. The highest BCUT2D eigenvalue weighted by atomic mass is 16.3. The van der Waals surface area contributed by atoms with Crippen molar-refractivity contribution >= 4 is 0 Å². The Morgan fingerprint density at radius 3 is 2.25 bits per heavy atom. The van der Waals surface area contributed by atoms with E-state index in [4.69, 9.17) is 5.11 Å². The van der Waals surface area contributed by atoms with Crippen LogP contribution < -0.4 is 0 Å². The molecule has 2 rings (SSSR count). The Morgan fingerprint density at radius 1 is 0.875 bits per heavy atom. The fourth-order valence-electron chi connectivity index (χ4n) is 1.38. The molecule has 0 amide bonds. The molecule has 78 valence electrons.